The first-order valence-electron chi connectivity index (χ1n) is 9.43. The van der Waals surface area contributed by atoms with E-state index in [0.29, 0.717) is 22.8 Å². The summed E-state index contributed by atoms with van der Waals surface area (Å²) >= 11 is 0. The maximum Gasteiger partial charge on any atom is 0.335 e. The summed E-state index contributed by atoms with van der Waals surface area (Å²) in [5.74, 6) is 0. The van der Waals surface area contributed by atoms with Crippen LogP contribution < -0.4 is 11.2 Å². The number of nitrogens with zero attached hydrogens (tertiary/aromatic N) is 6. The number of non-ortho nitro benzene ring substituents is 1. The maximum absolute atomic E-state index is 13.0. The average molecular weight is 428 g/mol. The molecule has 0 N–H and O–H groups in total. The van der Waals surface area contributed by atoms with Crippen LogP contribution in [0.3, 0.4) is 0 Å². The number of rotatable bonds is 4. The Balaban J connectivity index is 1.90. The molecule has 32 heavy (non-hydrogen) atoms. The van der Waals surface area contributed by atoms with Gasteiger partial charge in [-0.1, -0.05) is 18.2 Å². The predicted octanol–water partition coefficient (Wildman–Crippen LogP) is 3.16. The number of benzene rings is 2. The second-order valence-corrected chi connectivity index (χ2v) is 6.99. The molecule has 4 aromatic rings. The van der Waals surface area contributed by atoms with E-state index in [1.54, 1.807) is 54.2 Å². The van der Waals surface area contributed by atoms with E-state index in [2.05, 4.69) is 9.94 Å². The van der Waals surface area contributed by atoms with Gasteiger partial charge in [0.25, 0.3) is 11.2 Å². The van der Waals surface area contributed by atoms with Crippen molar-refractivity contribution >= 4 is 11.4 Å². The second-order valence-electron chi connectivity index (χ2n) is 6.99. The zero-order chi connectivity index (χ0) is 23.0. The highest BCUT2D eigenvalue weighted by Crippen LogP contribution is 2.23. The van der Waals surface area contributed by atoms with Crippen LogP contribution in [-0.2, 0) is 7.05 Å². The van der Waals surface area contributed by atoms with Crippen molar-refractivity contribution in [1.82, 2.24) is 18.9 Å². The Hall–Kier alpha value is -4.78. The van der Waals surface area contributed by atoms with Gasteiger partial charge in [0.15, 0.2) is 5.69 Å². The van der Waals surface area contributed by atoms with Crippen LogP contribution >= 0.6 is 0 Å². The summed E-state index contributed by atoms with van der Waals surface area (Å²) in [5.41, 5.74) is 1.01. The molecule has 10 nitrogen and oxygen atoms in total. The molecule has 0 aliphatic carbocycles. The Kier molecular flexibility index (Phi) is 5.00. The van der Waals surface area contributed by atoms with E-state index in [0.717, 1.165) is 4.57 Å². The topological polar surface area (TPSA) is 109 Å². The van der Waals surface area contributed by atoms with Gasteiger partial charge in [-0.3, -0.25) is 24.0 Å². The van der Waals surface area contributed by atoms with Gasteiger partial charge in [0.2, 0.25) is 0 Å². The van der Waals surface area contributed by atoms with Gasteiger partial charge in [0.05, 0.1) is 28.4 Å². The molecular formula is C22H16N6O4. The van der Waals surface area contributed by atoms with Gasteiger partial charge in [-0.15, -0.1) is 0 Å². The van der Waals surface area contributed by atoms with Gasteiger partial charge in [-0.05, 0) is 31.2 Å². The minimum Gasteiger partial charge on any atom is -0.268 e. The summed E-state index contributed by atoms with van der Waals surface area (Å²) in [4.78, 5) is 39.8. The van der Waals surface area contributed by atoms with Gasteiger partial charge in [-0.25, -0.2) is 14.3 Å². The van der Waals surface area contributed by atoms with Crippen molar-refractivity contribution in [1.29, 1.82) is 0 Å². The fraction of sp³-hybridized carbons (Fsp3) is 0.0909. The van der Waals surface area contributed by atoms with Crippen molar-refractivity contribution in [2.75, 3.05) is 0 Å². The van der Waals surface area contributed by atoms with E-state index in [4.69, 9.17) is 6.57 Å². The number of nitro groups is 1. The van der Waals surface area contributed by atoms with Crippen LogP contribution in [0.5, 0.6) is 0 Å². The molecule has 0 radical (unpaired) electrons. The summed E-state index contributed by atoms with van der Waals surface area (Å²) in [6.45, 7) is 8.65. The molecule has 0 spiro atoms. The summed E-state index contributed by atoms with van der Waals surface area (Å²) in [7, 11) is 1.35. The highest BCUT2D eigenvalue weighted by atomic mass is 16.6. The lowest BCUT2D eigenvalue weighted by molar-refractivity contribution is -0.384. The molecule has 2 aromatic carbocycles. The molecule has 0 unspecified atom stereocenters. The van der Waals surface area contributed by atoms with E-state index < -0.39 is 16.2 Å². The first-order valence-corrected chi connectivity index (χ1v) is 9.43. The Bertz CT molecular complexity index is 1520. The van der Waals surface area contributed by atoms with Gasteiger partial charge in [-0.2, -0.15) is 5.10 Å². The Labute approximate surface area is 181 Å². The molecule has 4 rings (SSSR count). The molecule has 2 aromatic heterocycles. The Morgan fingerprint density at radius 3 is 2.44 bits per heavy atom. The van der Waals surface area contributed by atoms with Gasteiger partial charge in [0.1, 0.15) is 5.69 Å². The smallest absolute Gasteiger partial charge is 0.268 e. The fourth-order valence-electron chi connectivity index (χ4n) is 3.44. The minimum atomic E-state index is -0.620. The van der Waals surface area contributed by atoms with E-state index in [-0.39, 0.29) is 16.9 Å². The number of hydrogen-bond donors (Lipinski definition) is 0. The van der Waals surface area contributed by atoms with Crippen molar-refractivity contribution in [3.8, 4) is 22.6 Å². The minimum absolute atomic E-state index is 0.170. The average Bonchev–Trinajstić information content (AvgIpc) is 3.28. The normalized spacial score (nSPS) is 10.7. The summed E-state index contributed by atoms with van der Waals surface area (Å²) in [6, 6.07) is 14.1. The molecule has 0 atom stereocenters. The van der Waals surface area contributed by atoms with Crippen LogP contribution in [0.15, 0.2) is 70.4 Å². The molecule has 0 fully saturated rings. The highest BCUT2D eigenvalue weighted by Gasteiger charge is 2.20. The first-order chi connectivity index (χ1) is 15.3. The SMILES string of the molecule is [C-]#[N+]c1ccc(-n2ccc(-c3c(C)n(-c4cccc([N+](=O)[O-])c4)c(=O)n(C)c3=O)n2)cc1. The third-order valence-corrected chi connectivity index (χ3v) is 5.08. The predicted molar refractivity (Wildman–Crippen MR) is 117 cm³/mol. The molecule has 0 saturated carbocycles. The molecule has 0 amide bonds. The van der Waals surface area contributed by atoms with Gasteiger partial charge in [0, 0.05) is 31.1 Å². The van der Waals surface area contributed by atoms with Crippen LogP contribution in [0.1, 0.15) is 5.69 Å². The first kappa shape index (κ1) is 20.5. The quantitative estimate of drug-likeness (QED) is 0.282. The van der Waals surface area contributed by atoms with E-state index >= 15 is 0 Å². The van der Waals surface area contributed by atoms with Crippen LogP contribution in [0.25, 0.3) is 27.5 Å². The van der Waals surface area contributed by atoms with Crippen molar-refractivity contribution in [2.45, 2.75) is 6.92 Å². The molecule has 0 aliphatic heterocycles. The number of nitro benzene ring substituents is 1. The van der Waals surface area contributed by atoms with Crippen LogP contribution in [0.2, 0.25) is 0 Å². The maximum atomic E-state index is 13.0. The van der Waals surface area contributed by atoms with Crippen LogP contribution in [-0.4, -0.2) is 23.8 Å². The summed E-state index contributed by atoms with van der Waals surface area (Å²) in [5, 5.41) is 15.7. The van der Waals surface area contributed by atoms with Gasteiger partial charge < -0.3 is 0 Å². The second kappa shape index (κ2) is 7.81. The number of aromatic nitrogens is 4. The molecular weight excluding hydrogens is 412 g/mol. The third kappa shape index (κ3) is 3.37. The molecule has 0 saturated heterocycles. The molecule has 0 aliphatic rings. The summed E-state index contributed by atoms with van der Waals surface area (Å²) in [6.07, 6.45) is 1.67. The van der Waals surface area contributed by atoms with E-state index in [1.807, 2.05) is 0 Å². The lowest BCUT2D eigenvalue weighted by Gasteiger charge is -2.14. The third-order valence-electron chi connectivity index (χ3n) is 5.08. The van der Waals surface area contributed by atoms with Crippen molar-refractivity contribution in [3.05, 3.63) is 109 Å². The summed E-state index contributed by atoms with van der Waals surface area (Å²) < 4.78 is 3.77. The number of hydrogen-bond acceptors (Lipinski definition) is 5. The molecule has 10 heteroatoms. The fourth-order valence-corrected chi connectivity index (χ4v) is 3.44. The lowest BCUT2D eigenvalue weighted by atomic mass is 10.1. The van der Waals surface area contributed by atoms with Crippen molar-refractivity contribution < 1.29 is 4.92 Å². The largest absolute Gasteiger partial charge is 0.335 e. The Morgan fingerprint density at radius 1 is 1.06 bits per heavy atom. The standard InChI is InChI=1S/C22H16N6O4/c1-14-20(19-11-12-26(24-19)16-9-7-15(23-2)8-10-16)21(29)25(3)22(30)27(14)17-5-4-6-18(13-17)28(31)32/h4-13H,1,3H3. The molecule has 2 heterocycles. The van der Waals surface area contributed by atoms with Crippen molar-refractivity contribution in [2.24, 2.45) is 7.05 Å². The van der Waals surface area contributed by atoms with E-state index in [9.17, 15) is 19.7 Å². The highest BCUT2D eigenvalue weighted by molar-refractivity contribution is 5.62. The van der Waals surface area contributed by atoms with Crippen molar-refractivity contribution in [3.63, 3.8) is 0 Å². The molecule has 0 bridgehead atoms. The van der Waals surface area contributed by atoms with Crippen LogP contribution in [0.4, 0.5) is 11.4 Å². The monoisotopic (exact) mass is 428 g/mol. The van der Waals surface area contributed by atoms with Gasteiger partial charge >= 0.3 is 5.69 Å². The zero-order valence-electron chi connectivity index (χ0n) is 17.1. The zero-order valence-corrected chi connectivity index (χ0v) is 17.1. The van der Waals surface area contributed by atoms with E-state index in [1.165, 1.54) is 29.8 Å². The molecule has 158 valence electrons. The lowest BCUT2D eigenvalue weighted by Crippen LogP contribution is -2.39. The van der Waals surface area contributed by atoms with Crippen LogP contribution in [0, 0.1) is 23.6 Å². The Morgan fingerprint density at radius 2 is 1.78 bits per heavy atom.